The van der Waals surface area contributed by atoms with Gasteiger partial charge in [0.05, 0.1) is 0 Å². The first kappa shape index (κ1) is 9.30. The molecule has 10 heavy (non-hydrogen) atoms. The predicted molar refractivity (Wildman–Crippen MR) is 45.0 cm³/mol. The lowest BCUT2D eigenvalue weighted by Gasteiger charge is -1.89. The normalized spacial score (nSPS) is 10.0. The molecule has 0 fully saturated rings. The molecule has 0 aliphatic rings. The van der Waals surface area contributed by atoms with Gasteiger partial charge in [0.1, 0.15) is 0 Å². The Kier molecular flexibility index (Phi) is 7.72. The van der Waals surface area contributed by atoms with E-state index in [-0.39, 0.29) is 0 Å². The van der Waals surface area contributed by atoms with Crippen molar-refractivity contribution < 1.29 is 0 Å². The van der Waals surface area contributed by atoms with Gasteiger partial charge in [-0.05, 0) is 19.3 Å². The van der Waals surface area contributed by atoms with Gasteiger partial charge in [-0.3, -0.25) is 0 Å². The highest BCUT2D eigenvalue weighted by molar-refractivity contribution is 4.92. The minimum atomic E-state index is 0.673. The smallest absolute Gasteiger partial charge is 0.0279 e. The van der Waals surface area contributed by atoms with Crippen LogP contribution in [0.1, 0.15) is 39.0 Å². The molecule has 0 aromatic carbocycles. The summed E-state index contributed by atoms with van der Waals surface area (Å²) >= 11 is 0. The Hall–Kier alpha value is -0.700. The van der Waals surface area contributed by atoms with Crippen LogP contribution >= 0.6 is 0 Å². The first-order chi connectivity index (χ1) is 4.91. The molecule has 0 aliphatic carbocycles. The Morgan fingerprint density at radius 3 is 2.70 bits per heavy atom. The molecule has 0 rings (SSSR count). The lowest BCUT2D eigenvalue weighted by molar-refractivity contribution is 0.728. The van der Waals surface area contributed by atoms with Crippen molar-refractivity contribution in [3.63, 3.8) is 0 Å². The second kappa shape index (κ2) is 8.30. The molecular weight excluding hydrogens is 120 g/mol. The van der Waals surface area contributed by atoms with Crippen molar-refractivity contribution in [1.82, 2.24) is 0 Å². The van der Waals surface area contributed by atoms with E-state index in [1.54, 1.807) is 0 Å². The first-order valence-electron chi connectivity index (χ1n) is 3.96. The highest BCUT2D eigenvalue weighted by atomic mass is 13.9. The molecule has 0 aliphatic heterocycles. The van der Waals surface area contributed by atoms with E-state index in [0.717, 1.165) is 6.42 Å². The van der Waals surface area contributed by atoms with E-state index in [9.17, 15) is 0 Å². The molecule has 0 unspecified atom stereocenters. The molecule has 0 aromatic heterocycles. The van der Waals surface area contributed by atoms with Crippen molar-refractivity contribution in [2.45, 2.75) is 39.0 Å². The second-order valence-electron chi connectivity index (χ2n) is 2.35. The van der Waals surface area contributed by atoms with E-state index in [0.29, 0.717) is 6.42 Å². The molecule has 0 bridgehead atoms. The molecule has 0 heteroatoms. The molecule has 0 nitrogen and oxygen atoms in total. The summed E-state index contributed by atoms with van der Waals surface area (Å²) < 4.78 is 0. The van der Waals surface area contributed by atoms with E-state index in [2.05, 4.69) is 18.9 Å². The van der Waals surface area contributed by atoms with Crippen molar-refractivity contribution in [1.29, 1.82) is 0 Å². The third-order valence-electron chi connectivity index (χ3n) is 1.36. The predicted octanol–water partition coefficient (Wildman–Crippen LogP) is 3.10. The van der Waals surface area contributed by atoms with Gasteiger partial charge < -0.3 is 0 Å². The fourth-order valence-corrected chi connectivity index (χ4v) is 0.772. The van der Waals surface area contributed by atoms with Crippen LogP contribution in [0.2, 0.25) is 0 Å². The molecule has 0 saturated carbocycles. The third-order valence-corrected chi connectivity index (χ3v) is 1.36. The minimum Gasteiger partial charge on any atom is -0.0876 e. The fourth-order valence-electron chi connectivity index (χ4n) is 0.772. The van der Waals surface area contributed by atoms with E-state index in [1.807, 2.05) is 6.08 Å². The maximum atomic E-state index is 6.62. The lowest BCUT2D eigenvalue weighted by atomic mass is 10.2. The zero-order valence-corrected chi connectivity index (χ0v) is 6.69. The Morgan fingerprint density at radius 2 is 2.10 bits per heavy atom. The summed E-state index contributed by atoms with van der Waals surface area (Å²) in [5, 5.41) is 0. The van der Waals surface area contributed by atoms with E-state index in [4.69, 9.17) is 6.42 Å². The van der Waals surface area contributed by atoms with Crippen LogP contribution in [0.3, 0.4) is 0 Å². The van der Waals surface area contributed by atoms with E-state index in [1.165, 1.54) is 19.3 Å². The highest BCUT2D eigenvalue weighted by Gasteiger charge is 1.79. The number of unbranched alkanes of at least 4 members (excludes halogenated alkanes) is 3. The maximum absolute atomic E-state index is 6.62. The SMILES string of the molecule is [C]#CC/C=C/CCCCC. The summed E-state index contributed by atoms with van der Waals surface area (Å²) in [6.45, 7) is 2.20. The Labute approximate surface area is 64.3 Å². The quantitative estimate of drug-likeness (QED) is 0.309. The highest BCUT2D eigenvalue weighted by Crippen LogP contribution is 1.99. The lowest BCUT2D eigenvalue weighted by Crippen LogP contribution is -1.70. The van der Waals surface area contributed by atoms with Crippen molar-refractivity contribution in [3.05, 3.63) is 18.6 Å². The van der Waals surface area contributed by atoms with Crippen LogP contribution in [0.25, 0.3) is 0 Å². The van der Waals surface area contributed by atoms with Gasteiger partial charge in [-0.25, -0.2) is 0 Å². The molecule has 0 atom stereocenters. The molecule has 0 heterocycles. The van der Waals surface area contributed by atoms with Gasteiger partial charge in [0, 0.05) is 6.42 Å². The van der Waals surface area contributed by atoms with Crippen LogP contribution in [0.5, 0.6) is 0 Å². The second-order valence-corrected chi connectivity index (χ2v) is 2.35. The van der Waals surface area contributed by atoms with Crippen LogP contribution < -0.4 is 0 Å². The van der Waals surface area contributed by atoms with Crippen molar-refractivity contribution in [2.75, 3.05) is 0 Å². The Bertz CT molecular complexity index is 114. The number of allylic oxidation sites excluding steroid dienone is 2. The van der Waals surface area contributed by atoms with Gasteiger partial charge in [0.25, 0.3) is 0 Å². The van der Waals surface area contributed by atoms with E-state index < -0.39 is 0 Å². The zero-order valence-electron chi connectivity index (χ0n) is 6.69. The van der Waals surface area contributed by atoms with E-state index >= 15 is 0 Å². The van der Waals surface area contributed by atoms with Crippen LogP contribution in [0, 0.1) is 12.3 Å². The van der Waals surface area contributed by atoms with Crippen LogP contribution in [-0.2, 0) is 0 Å². The average Bonchev–Trinajstić information content (AvgIpc) is 1.97. The van der Waals surface area contributed by atoms with Crippen LogP contribution in [-0.4, -0.2) is 0 Å². The summed E-state index contributed by atoms with van der Waals surface area (Å²) in [5.74, 6) is 2.32. The molecule has 55 valence electrons. The molecule has 0 aromatic rings. The van der Waals surface area contributed by atoms with Gasteiger partial charge in [0.15, 0.2) is 0 Å². The average molecular weight is 135 g/mol. The molecule has 1 radical (unpaired) electrons. The van der Waals surface area contributed by atoms with Gasteiger partial charge in [-0.1, -0.05) is 37.8 Å². The minimum absolute atomic E-state index is 0.673. The molecule has 0 N–H and O–H groups in total. The van der Waals surface area contributed by atoms with Crippen LogP contribution in [0.4, 0.5) is 0 Å². The summed E-state index contributed by atoms with van der Waals surface area (Å²) in [7, 11) is 0. The number of hydrogen-bond acceptors (Lipinski definition) is 0. The van der Waals surface area contributed by atoms with Crippen LogP contribution in [0.15, 0.2) is 12.2 Å². The molecule has 0 amide bonds. The number of hydrogen-bond donors (Lipinski definition) is 0. The van der Waals surface area contributed by atoms with Gasteiger partial charge in [-0.15, -0.1) is 0 Å². The zero-order chi connectivity index (χ0) is 7.66. The Morgan fingerprint density at radius 1 is 1.30 bits per heavy atom. The molecular formula is C10H15. The molecule has 0 saturated heterocycles. The number of rotatable bonds is 5. The fraction of sp³-hybridized carbons (Fsp3) is 0.600. The monoisotopic (exact) mass is 135 g/mol. The van der Waals surface area contributed by atoms with Crippen molar-refractivity contribution in [2.24, 2.45) is 0 Å². The summed E-state index contributed by atoms with van der Waals surface area (Å²) in [6.07, 6.45) is 16.5. The standard InChI is InChI=1S/C10H15/c1-3-5-7-9-10-8-6-4-2/h8,10H,3,5-7,9H2,1H3/b10-8+. The maximum Gasteiger partial charge on any atom is 0.0279 e. The third kappa shape index (κ3) is 7.30. The summed E-state index contributed by atoms with van der Waals surface area (Å²) in [4.78, 5) is 0. The molecule has 0 spiro atoms. The summed E-state index contributed by atoms with van der Waals surface area (Å²) in [5.41, 5.74) is 0. The summed E-state index contributed by atoms with van der Waals surface area (Å²) in [6, 6.07) is 0. The topological polar surface area (TPSA) is 0 Å². The van der Waals surface area contributed by atoms with Gasteiger partial charge in [-0.2, -0.15) is 0 Å². The first-order valence-corrected chi connectivity index (χ1v) is 3.96. The Balaban J connectivity index is 2.97. The van der Waals surface area contributed by atoms with Crippen molar-refractivity contribution in [3.8, 4) is 5.92 Å². The van der Waals surface area contributed by atoms with Gasteiger partial charge >= 0.3 is 0 Å². The van der Waals surface area contributed by atoms with Gasteiger partial charge in [0.2, 0.25) is 0 Å². The largest absolute Gasteiger partial charge is 0.0876 e. The van der Waals surface area contributed by atoms with Crippen molar-refractivity contribution >= 4 is 0 Å².